The molecule has 2 heterocycles. The molecule has 192 valence electrons. The number of pyridine rings is 2. The fourth-order valence-electron chi connectivity index (χ4n) is 4.30. The van der Waals surface area contributed by atoms with Crippen molar-refractivity contribution in [3.05, 3.63) is 111 Å². The maximum absolute atomic E-state index is 13.6. The fourth-order valence-corrected chi connectivity index (χ4v) is 4.81. The molecular weight excluding hydrogens is 494 g/mol. The number of thiol groups is 1. The predicted molar refractivity (Wildman–Crippen MR) is 140 cm³/mol. The number of nitrogens with zero attached hydrogens (tertiary/aromatic N) is 2. The van der Waals surface area contributed by atoms with E-state index in [1.54, 1.807) is 30.5 Å². The van der Waals surface area contributed by atoms with Crippen LogP contribution in [0, 0.1) is 0 Å². The number of hydrogen-bond donors (Lipinski definition) is 3. The Kier molecular flexibility index (Phi) is 8.12. The number of nitrogens with two attached hydrogens (primary N) is 1. The second kappa shape index (κ2) is 11.5. The molecule has 37 heavy (non-hydrogen) atoms. The number of hydrogen-bond acceptors (Lipinski definition) is 7. The highest BCUT2D eigenvalue weighted by Crippen LogP contribution is 2.23. The van der Waals surface area contributed by atoms with Gasteiger partial charge in [-0.15, -0.1) is 0 Å². The van der Waals surface area contributed by atoms with Crippen LogP contribution in [-0.2, 0) is 40.6 Å². The summed E-state index contributed by atoms with van der Waals surface area (Å²) in [6.45, 7) is 0.100. The summed E-state index contributed by atoms with van der Waals surface area (Å²) in [7, 11) is -1.24. The van der Waals surface area contributed by atoms with Crippen LogP contribution in [0.1, 0.15) is 38.2 Å². The first kappa shape index (κ1) is 26.2. The minimum atomic E-state index is -2.56. The Morgan fingerprint density at radius 1 is 1.05 bits per heavy atom. The van der Waals surface area contributed by atoms with Gasteiger partial charge in [-0.3, -0.25) is 14.6 Å². The molecule has 0 fully saturated rings. The number of aromatic nitrogens is 2. The third-order valence-electron chi connectivity index (χ3n) is 6.09. The molecular formula is C27H27N3O6S. The van der Waals surface area contributed by atoms with Crippen molar-refractivity contribution >= 4 is 27.6 Å². The van der Waals surface area contributed by atoms with Crippen LogP contribution < -0.4 is 11.3 Å². The van der Waals surface area contributed by atoms with E-state index in [0.29, 0.717) is 23.0 Å². The van der Waals surface area contributed by atoms with E-state index in [9.17, 15) is 23.1 Å². The van der Waals surface area contributed by atoms with Crippen molar-refractivity contribution in [2.24, 2.45) is 5.73 Å². The van der Waals surface area contributed by atoms with Crippen molar-refractivity contribution in [2.45, 2.75) is 31.4 Å². The van der Waals surface area contributed by atoms with Crippen LogP contribution in [0.5, 0.6) is 0 Å². The standard InChI is InChI=1S/C27H27N3O6S/c1-36-23(31)13-21-24(26(28)32)27(33)30(15-18-7-9-19(10-8-18)16-37(34)35)22-12-20(14-29-25(21)22)11-17-5-3-2-4-6-17/h2-10,12,14,23,31,37H,11,13,15-16H2,1H3,(H2,28,32). The Morgan fingerprint density at radius 3 is 2.35 bits per heavy atom. The number of aliphatic hydroxyl groups excluding tert-OH is 1. The van der Waals surface area contributed by atoms with E-state index in [4.69, 9.17) is 10.5 Å². The summed E-state index contributed by atoms with van der Waals surface area (Å²) in [4.78, 5) is 30.6. The second-order valence-electron chi connectivity index (χ2n) is 8.68. The molecule has 0 aliphatic carbocycles. The molecule has 9 nitrogen and oxygen atoms in total. The van der Waals surface area contributed by atoms with E-state index in [0.717, 1.165) is 16.7 Å². The van der Waals surface area contributed by atoms with Crippen LogP contribution in [-0.4, -0.2) is 42.4 Å². The van der Waals surface area contributed by atoms with Crippen LogP contribution >= 0.6 is 0 Å². The van der Waals surface area contributed by atoms with Crippen molar-refractivity contribution in [3.8, 4) is 0 Å². The van der Waals surface area contributed by atoms with E-state index in [1.165, 1.54) is 11.7 Å². The van der Waals surface area contributed by atoms with Gasteiger partial charge in [-0.25, -0.2) is 8.42 Å². The highest BCUT2D eigenvalue weighted by molar-refractivity contribution is 7.71. The van der Waals surface area contributed by atoms with E-state index < -0.39 is 28.5 Å². The van der Waals surface area contributed by atoms with Crippen molar-refractivity contribution < 1.29 is 23.1 Å². The first-order valence-corrected chi connectivity index (χ1v) is 12.9. The summed E-state index contributed by atoms with van der Waals surface area (Å²) in [5.74, 6) is -1.00. The molecule has 2 aromatic heterocycles. The number of ether oxygens (including phenoxy) is 1. The Balaban J connectivity index is 1.89. The zero-order valence-electron chi connectivity index (χ0n) is 20.2. The number of aliphatic hydroxyl groups is 1. The van der Waals surface area contributed by atoms with Crippen LogP contribution in [0.25, 0.3) is 11.0 Å². The summed E-state index contributed by atoms with van der Waals surface area (Å²) >= 11 is 0. The fraction of sp³-hybridized carbons (Fsp3) is 0.222. The van der Waals surface area contributed by atoms with Gasteiger partial charge in [-0.1, -0.05) is 54.6 Å². The molecule has 0 spiro atoms. The molecule has 0 saturated heterocycles. The third kappa shape index (κ3) is 6.11. The van der Waals surface area contributed by atoms with Gasteiger partial charge in [0.1, 0.15) is 16.3 Å². The zero-order valence-corrected chi connectivity index (χ0v) is 21.1. The number of rotatable bonds is 10. The summed E-state index contributed by atoms with van der Waals surface area (Å²) < 4.78 is 28.5. The molecule has 0 radical (unpaired) electrons. The number of primary amides is 1. The lowest BCUT2D eigenvalue weighted by Gasteiger charge is -2.18. The summed E-state index contributed by atoms with van der Waals surface area (Å²) in [6.07, 6.45) is 0.848. The SMILES string of the molecule is COC(O)Cc1c(C(N)=O)c(=O)n(Cc2ccc(C[SH](=O)=O)cc2)c2cc(Cc3ccccc3)cnc12. The van der Waals surface area contributed by atoms with Gasteiger partial charge in [0.15, 0.2) is 6.29 Å². The molecule has 2 aromatic carbocycles. The third-order valence-corrected chi connectivity index (χ3v) is 6.71. The smallest absolute Gasteiger partial charge is 0.264 e. The quantitative estimate of drug-likeness (QED) is 0.213. The van der Waals surface area contributed by atoms with Gasteiger partial charge in [0.05, 0.1) is 23.3 Å². The number of fused-ring (bicyclic) bond motifs is 1. The number of methoxy groups -OCH3 is 1. The lowest BCUT2D eigenvalue weighted by Crippen LogP contribution is -2.33. The maximum Gasteiger partial charge on any atom is 0.264 e. The first-order valence-electron chi connectivity index (χ1n) is 11.5. The molecule has 4 aromatic rings. The normalized spacial score (nSPS) is 12.2. The molecule has 1 unspecified atom stereocenters. The molecule has 0 saturated carbocycles. The summed E-state index contributed by atoms with van der Waals surface area (Å²) in [6, 6.07) is 18.5. The molecule has 10 heteroatoms. The van der Waals surface area contributed by atoms with E-state index >= 15 is 0 Å². The highest BCUT2D eigenvalue weighted by atomic mass is 32.2. The Hall–Kier alpha value is -3.86. The van der Waals surface area contributed by atoms with Crippen LogP contribution in [0.4, 0.5) is 0 Å². The molecule has 1 amide bonds. The topological polar surface area (TPSA) is 142 Å². The Morgan fingerprint density at radius 2 is 1.73 bits per heavy atom. The summed E-state index contributed by atoms with van der Waals surface area (Å²) in [5, 5.41) is 10.2. The Bertz CT molecular complexity index is 1560. The van der Waals surface area contributed by atoms with E-state index in [-0.39, 0.29) is 29.8 Å². The number of carbonyl (C=O) groups is 1. The number of amides is 1. The van der Waals surface area contributed by atoms with Crippen molar-refractivity contribution in [3.63, 3.8) is 0 Å². The van der Waals surface area contributed by atoms with Gasteiger partial charge >= 0.3 is 0 Å². The number of benzene rings is 2. The van der Waals surface area contributed by atoms with Crippen LogP contribution in [0.2, 0.25) is 0 Å². The van der Waals surface area contributed by atoms with Gasteiger partial charge < -0.3 is 20.1 Å². The molecule has 0 aliphatic rings. The second-order valence-corrected chi connectivity index (χ2v) is 9.67. The lowest BCUT2D eigenvalue weighted by atomic mass is 10.00. The molecule has 0 aliphatic heterocycles. The van der Waals surface area contributed by atoms with Gasteiger partial charge in [-0.2, -0.15) is 0 Å². The average molecular weight is 522 g/mol. The van der Waals surface area contributed by atoms with Crippen molar-refractivity contribution in [2.75, 3.05) is 7.11 Å². The predicted octanol–water partition coefficient (Wildman–Crippen LogP) is 1.75. The molecule has 3 N–H and O–H groups in total. The van der Waals surface area contributed by atoms with E-state index in [2.05, 4.69) is 4.98 Å². The monoisotopic (exact) mass is 521 g/mol. The zero-order chi connectivity index (χ0) is 26.5. The van der Waals surface area contributed by atoms with E-state index in [1.807, 2.05) is 36.4 Å². The van der Waals surface area contributed by atoms with Gasteiger partial charge in [0.2, 0.25) is 0 Å². The van der Waals surface area contributed by atoms with Gasteiger partial charge in [0.25, 0.3) is 11.5 Å². The first-order chi connectivity index (χ1) is 17.8. The molecule has 1 atom stereocenters. The summed E-state index contributed by atoms with van der Waals surface area (Å²) in [5.41, 5.74) is 9.09. The minimum absolute atomic E-state index is 0.0758. The van der Waals surface area contributed by atoms with Gasteiger partial charge in [0, 0.05) is 25.3 Å². The minimum Gasteiger partial charge on any atom is -0.368 e. The van der Waals surface area contributed by atoms with Gasteiger partial charge in [-0.05, 0) is 34.7 Å². The highest BCUT2D eigenvalue weighted by Gasteiger charge is 2.24. The largest absolute Gasteiger partial charge is 0.368 e. The molecule has 0 bridgehead atoms. The lowest BCUT2D eigenvalue weighted by molar-refractivity contribution is -0.0719. The number of carbonyl (C=O) groups excluding carboxylic acids is 1. The van der Waals surface area contributed by atoms with Crippen molar-refractivity contribution in [1.82, 2.24) is 9.55 Å². The maximum atomic E-state index is 13.6. The molecule has 4 rings (SSSR count). The van der Waals surface area contributed by atoms with Crippen LogP contribution in [0.3, 0.4) is 0 Å². The van der Waals surface area contributed by atoms with Crippen LogP contribution in [0.15, 0.2) is 71.7 Å². The van der Waals surface area contributed by atoms with Crippen molar-refractivity contribution in [1.29, 1.82) is 0 Å². The Labute approximate surface area is 215 Å². The average Bonchev–Trinajstić information content (AvgIpc) is 2.87.